The van der Waals surface area contributed by atoms with E-state index in [1.165, 1.54) is 51.8 Å². The van der Waals surface area contributed by atoms with Gasteiger partial charge in [0.1, 0.15) is 34.0 Å². The van der Waals surface area contributed by atoms with Crippen molar-refractivity contribution in [3.8, 4) is 11.3 Å². The zero-order valence-electron chi connectivity index (χ0n) is 36.2. The van der Waals surface area contributed by atoms with Gasteiger partial charge in [-0.2, -0.15) is 13.5 Å². The number of anilines is 2. The van der Waals surface area contributed by atoms with E-state index >= 15 is 0 Å². The number of rotatable bonds is 10. The van der Waals surface area contributed by atoms with Crippen molar-refractivity contribution >= 4 is 103 Å². The van der Waals surface area contributed by atoms with Crippen molar-refractivity contribution in [2.24, 2.45) is 0 Å². The molecule has 2 N–H and O–H groups in total. The van der Waals surface area contributed by atoms with Crippen LogP contribution in [0.1, 0.15) is 103 Å². The fourth-order valence-corrected chi connectivity index (χ4v) is 9.48. The lowest BCUT2D eigenvalue weighted by atomic mass is 9.78. The lowest BCUT2D eigenvalue weighted by molar-refractivity contribution is 0.00578. The molecule has 0 unspecified atom stereocenters. The van der Waals surface area contributed by atoms with Gasteiger partial charge >= 0.3 is 7.12 Å². The van der Waals surface area contributed by atoms with Gasteiger partial charge in [-0.15, -0.1) is 22.7 Å². The minimum absolute atomic E-state index is 0. The lowest BCUT2D eigenvalue weighted by Gasteiger charge is -2.32. The third-order valence-corrected chi connectivity index (χ3v) is 14.5. The van der Waals surface area contributed by atoms with Crippen LogP contribution in [0.5, 0.6) is 0 Å². The molecule has 17 heteroatoms. The Morgan fingerprint density at radius 3 is 1.63 bits per heavy atom. The third kappa shape index (κ3) is 10.1. The molecule has 12 nitrogen and oxygen atoms in total. The molecule has 3 aliphatic rings. The van der Waals surface area contributed by atoms with Crippen molar-refractivity contribution in [1.29, 1.82) is 0 Å². The first kappa shape index (κ1) is 45.2. The first-order valence-corrected chi connectivity index (χ1v) is 23.9. The number of nitrogens with one attached hydrogen (secondary N) is 2. The van der Waals surface area contributed by atoms with E-state index < -0.39 is 0 Å². The second-order valence-corrected chi connectivity index (χ2v) is 20.0. The van der Waals surface area contributed by atoms with Gasteiger partial charge < -0.3 is 29.1 Å². The van der Waals surface area contributed by atoms with E-state index in [0.29, 0.717) is 6.04 Å². The molecule has 0 bridgehead atoms. The highest BCUT2D eigenvalue weighted by Crippen LogP contribution is 2.39. The van der Waals surface area contributed by atoms with Crippen LogP contribution in [0.2, 0.25) is 0 Å². The van der Waals surface area contributed by atoms with E-state index in [-0.39, 0.29) is 43.9 Å². The Hall–Kier alpha value is -4.40. The van der Waals surface area contributed by atoms with Crippen LogP contribution in [0.3, 0.4) is 0 Å². The van der Waals surface area contributed by atoms with Gasteiger partial charge in [0.15, 0.2) is 0 Å². The molecule has 2 atom stereocenters. The highest BCUT2D eigenvalue weighted by molar-refractivity contribution is 14.1. The molecule has 2 aliphatic carbocycles. The lowest BCUT2D eigenvalue weighted by Crippen LogP contribution is -2.41. The average molecular weight is 1010 g/mol. The molecule has 0 radical (unpaired) electrons. The van der Waals surface area contributed by atoms with Crippen LogP contribution >= 0.6 is 58.8 Å². The standard InChI is InChI=1S/C20H24BN3O2S.C20H19N5S.C6H7IN2.H2S/c1-13(24-17-16-10-11-27-18(16)23-12-22-17)14-6-8-15(9-7-14)21-25-19(2,3)20(4,5)26-21;1-13(24-19-17-8-9-26-20(17)23-11-22-19)14-2-4-15(5-3-14)18-10-21-12-25(18)16-6-7-16;7-6-3-8-4-9(6)5-1-2-5;/h6-13H,1-5H3,(H,22,23,24);2-5,8-13,16H,6-7H2,1H3,(H,22,23,24);3-5H,1-2H2;1H2/t2*13-;;/m00../s1. The zero-order valence-corrected chi connectivity index (χ0v) is 41.0. The first-order valence-electron chi connectivity index (χ1n) is 21.1. The van der Waals surface area contributed by atoms with Crippen LogP contribution in [0, 0.1) is 3.70 Å². The Labute approximate surface area is 397 Å². The van der Waals surface area contributed by atoms with E-state index in [1.54, 1.807) is 35.3 Å². The van der Waals surface area contributed by atoms with Crippen LogP contribution < -0.4 is 16.1 Å². The maximum absolute atomic E-state index is 6.13. The van der Waals surface area contributed by atoms with E-state index in [1.807, 2.05) is 35.8 Å². The summed E-state index contributed by atoms with van der Waals surface area (Å²) in [5.74, 6) is 1.75. The van der Waals surface area contributed by atoms with Gasteiger partial charge in [-0.05, 0) is 135 Å². The SMILES string of the molecule is C[C@H](Nc1ncnc2sccc12)c1ccc(-c2cncn2C2CC2)cc1.C[C@H](Nc1ncnc2sccc12)c1ccc(B2OC(C)(C)C(C)(C)O2)cc1.Ic1cncn1C1CC1.S. The van der Waals surface area contributed by atoms with Crippen molar-refractivity contribution in [3.63, 3.8) is 0 Å². The Bertz CT molecular complexity index is 2750. The van der Waals surface area contributed by atoms with Crippen molar-refractivity contribution in [2.45, 2.75) is 103 Å². The fraction of sp³-hybridized carbons (Fsp3) is 0.348. The Morgan fingerprint density at radius 2 is 1.14 bits per heavy atom. The molecule has 3 fully saturated rings. The number of nitrogens with zero attached hydrogens (tertiary/aromatic N) is 8. The summed E-state index contributed by atoms with van der Waals surface area (Å²) in [4.78, 5) is 27.8. The van der Waals surface area contributed by atoms with Gasteiger partial charge in [0.05, 0.1) is 56.4 Å². The quantitative estimate of drug-likeness (QED) is 0.101. The van der Waals surface area contributed by atoms with Gasteiger partial charge in [0.2, 0.25) is 0 Å². The molecule has 0 amide bonds. The van der Waals surface area contributed by atoms with Crippen LogP contribution in [-0.4, -0.2) is 57.4 Å². The van der Waals surface area contributed by atoms with E-state index in [4.69, 9.17) is 9.31 Å². The number of hydrogen-bond donors (Lipinski definition) is 2. The highest BCUT2D eigenvalue weighted by Gasteiger charge is 2.51. The molecule has 63 heavy (non-hydrogen) atoms. The summed E-state index contributed by atoms with van der Waals surface area (Å²) in [6.45, 7) is 12.6. The molecule has 2 saturated carbocycles. The van der Waals surface area contributed by atoms with Gasteiger partial charge in [-0.1, -0.05) is 48.5 Å². The van der Waals surface area contributed by atoms with E-state index in [0.717, 1.165) is 43.6 Å². The number of hydrogen-bond acceptors (Lipinski definition) is 12. The summed E-state index contributed by atoms with van der Waals surface area (Å²) in [5.41, 5.74) is 5.20. The van der Waals surface area contributed by atoms with E-state index in [9.17, 15) is 0 Å². The molecule has 6 aromatic heterocycles. The summed E-state index contributed by atoms with van der Waals surface area (Å²) < 4.78 is 18.1. The van der Waals surface area contributed by atoms with Gasteiger partial charge in [-0.25, -0.2) is 29.9 Å². The van der Waals surface area contributed by atoms with Gasteiger partial charge in [-0.3, -0.25) is 0 Å². The smallest absolute Gasteiger partial charge is 0.399 e. The maximum Gasteiger partial charge on any atom is 0.494 e. The maximum atomic E-state index is 6.13. The molecule has 2 aromatic carbocycles. The van der Waals surface area contributed by atoms with Crippen molar-refractivity contribution in [1.82, 2.24) is 39.0 Å². The summed E-state index contributed by atoms with van der Waals surface area (Å²) in [5, 5.41) is 13.2. The fourth-order valence-electron chi connectivity index (χ4n) is 7.33. The van der Waals surface area contributed by atoms with Gasteiger partial charge in [0.25, 0.3) is 0 Å². The highest BCUT2D eigenvalue weighted by atomic mass is 127. The summed E-state index contributed by atoms with van der Waals surface area (Å²) in [6.07, 6.45) is 16.2. The second-order valence-electron chi connectivity index (χ2n) is 17.1. The van der Waals surface area contributed by atoms with Crippen LogP contribution in [0.4, 0.5) is 11.6 Å². The number of aromatic nitrogens is 8. The summed E-state index contributed by atoms with van der Waals surface area (Å²) in [6, 6.07) is 22.9. The number of halogens is 1. The number of fused-ring (bicyclic) bond motifs is 2. The zero-order chi connectivity index (χ0) is 43.0. The predicted molar refractivity (Wildman–Crippen MR) is 271 cm³/mol. The van der Waals surface area contributed by atoms with Crippen LogP contribution in [0.25, 0.3) is 31.7 Å². The van der Waals surface area contributed by atoms with Crippen LogP contribution in [0.15, 0.2) is 109 Å². The summed E-state index contributed by atoms with van der Waals surface area (Å²) in [7, 11) is -0.334. The first-order chi connectivity index (χ1) is 29.9. The minimum atomic E-state index is -0.334. The van der Waals surface area contributed by atoms with Crippen molar-refractivity contribution in [2.75, 3.05) is 10.6 Å². The number of imidazole rings is 2. The average Bonchev–Trinajstić information content (AvgIpc) is 3.97. The molecule has 7 heterocycles. The molecule has 1 saturated heterocycles. The summed E-state index contributed by atoms with van der Waals surface area (Å²) >= 11 is 5.57. The molecule has 1 aliphatic heterocycles. The largest absolute Gasteiger partial charge is 0.494 e. The Kier molecular flexibility index (Phi) is 13.6. The number of benzene rings is 2. The Morgan fingerprint density at radius 1 is 0.667 bits per heavy atom. The molecule has 11 rings (SSSR count). The normalized spacial score (nSPS) is 17.2. The molecule has 0 spiro atoms. The Balaban J connectivity index is 0.000000142. The van der Waals surface area contributed by atoms with Crippen molar-refractivity contribution < 1.29 is 9.31 Å². The number of thiophene rings is 2. The van der Waals surface area contributed by atoms with Crippen molar-refractivity contribution in [3.05, 3.63) is 124 Å². The molecule has 8 aromatic rings. The topological polar surface area (TPSA) is 130 Å². The van der Waals surface area contributed by atoms with Gasteiger partial charge in [0, 0.05) is 24.2 Å². The third-order valence-electron chi connectivity index (χ3n) is 12.1. The predicted octanol–water partition coefficient (Wildman–Crippen LogP) is 11.2. The minimum Gasteiger partial charge on any atom is -0.399 e. The van der Waals surface area contributed by atoms with E-state index in [2.05, 4.69) is 174 Å². The molecule has 326 valence electrons. The molecular formula is C46H52BIN10O2S3. The second kappa shape index (κ2) is 19.0. The monoisotopic (exact) mass is 1010 g/mol. The van der Waals surface area contributed by atoms with Crippen LogP contribution in [-0.2, 0) is 9.31 Å². The molecular weight excluding hydrogens is 958 g/mol.